The van der Waals surface area contributed by atoms with Crippen LogP contribution in [0.15, 0.2) is 18.2 Å². The van der Waals surface area contributed by atoms with Crippen molar-refractivity contribution < 1.29 is 4.79 Å². The van der Waals surface area contributed by atoms with Crippen molar-refractivity contribution in [3.8, 4) is 0 Å². The Bertz CT molecular complexity index is 552. The molecular formula is C20H31N3O. The standard InChI is InChI=1S/C20H31N3O/c1-22(2)19-12-7-10-17(21-19)13-14-18-11-5-6-15-23(18)20(24)16-8-3-4-9-16/h7,10,12,16,18H,3-6,8-9,11,13-15H2,1-2H3/t18-/m1/s1. The molecule has 3 rings (SSSR count). The highest BCUT2D eigenvalue weighted by atomic mass is 16.2. The summed E-state index contributed by atoms with van der Waals surface area (Å²) >= 11 is 0. The maximum absolute atomic E-state index is 12.9. The number of pyridine rings is 1. The molecule has 1 saturated heterocycles. The van der Waals surface area contributed by atoms with E-state index >= 15 is 0 Å². The quantitative estimate of drug-likeness (QED) is 0.827. The molecule has 1 aliphatic carbocycles. The second-order valence-electron chi connectivity index (χ2n) is 7.58. The first-order chi connectivity index (χ1) is 11.6. The second-order valence-corrected chi connectivity index (χ2v) is 7.58. The number of aryl methyl sites for hydroxylation is 1. The molecule has 1 aromatic rings. The van der Waals surface area contributed by atoms with E-state index in [0.717, 1.165) is 50.2 Å². The number of amides is 1. The zero-order valence-electron chi connectivity index (χ0n) is 15.2. The highest BCUT2D eigenvalue weighted by molar-refractivity contribution is 5.79. The summed E-state index contributed by atoms with van der Waals surface area (Å²) in [6.45, 7) is 0.963. The second kappa shape index (κ2) is 8.00. The Morgan fingerprint density at radius 1 is 1.17 bits per heavy atom. The maximum Gasteiger partial charge on any atom is 0.225 e. The van der Waals surface area contributed by atoms with Gasteiger partial charge >= 0.3 is 0 Å². The average molecular weight is 329 g/mol. The number of aromatic nitrogens is 1. The lowest BCUT2D eigenvalue weighted by Gasteiger charge is -2.37. The van der Waals surface area contributed by atoms with E-state index in [1.807, 2.05) is 25.1 Å². The third-order valence-corrected chi connectivity index (χ3v) is 5.60. The third-order valence-electron chi connectivity index (χ3n) is 5.60. The van der Waals surface area contributed by atoms with Gasteiger partial charge in [-0.05, 0) is 57.1 Å². The van der Waals surface area contributed by atoms with E-state index in [1.54, 1.807) is 0 Å². The van der Waals surface area contributed by atoms with Crippen LogP contribution in [0.5, 0.6) is 0 Å². The monoisotopic (exact) mass is 329 g/mol. The molecular weight excluding hydrogens is 298 g/mol. The van der Waals surface area contributed by atoms with Crippen LogP contribution >= 0.6 is 0 Å². The highest BCUT2D eigenvalue weighted by Crippen LogP contribution is 2.30. The van der Waals surface area contributed by atoms with Gasteiger partial charge in [-0.25, -0.2) is 4.98 Å². The Kier molecular flexibility index (Phi) is 5.75. The smallest absolute Gasteiger partial charge is 0.225 e. The molecule has 2 heterocycles. The molecule has 0 spiro atoms. The summed E-state index contributed by atoms with van der Waals surface area (Å²) < 4.78 is 0. The van der Waals surface area contributed by atoms with Crippen LogP contribution in [0, 0.1) is 5.92 Å². The van der Waals surface area contributed by atoms with E-state index in [4.69, 9.17) is 4.98 Å². The predicted octanol–water partition coefficient (Wildman–Crippen LogP) is 3.65. The van der Waals surface area contributed by atoms with Gasteiger partial charge in [0, 0.05) is 38.3 Å². The zero-order chi connectivity index (χ0) is 16.9. The first kappa shape index (κ1) is 17.2. The minimum absolute atomic E-state index is 0.306. The molecule has 1 amide bonds. The van der Waals surface area contributed by atoms with E-state index in [-0.39, 0.29) is 0 Å². The van der Waals surface area contributed by atoms with E-state index in [0.29, 0.717) is 17.9 Å². The van der Waals surface area contributed by atoms with Crippen LogP contribution in [-0.2, 0) is 11.2 Å². The lowest BCUT2D eigenvalue weighted by atomic mass is 9.94. The Morgan fingerprint density at radius 2 is 1.92 bits per heavy atom. The number of likely N-dealkylation sites (tertiary alicyclic amines) is 1. The first-order valence-corrected chi connectivity index (χ1v) is 9.59. The van der Waals surface area contributed by atoms with Crippen molar-refractivity contribution in [3.05, 3.63) is 23.9 Å². The Labute approximate surface area is 146 Å². The van der Waals surface area contributed by atoms with Gasteiger partial charge in [-0.3, -0.25) is 4.79 Å². The Hall–Kier alpha value is -1.58. The van der Waals surface area contributed by atoms with Crippen molar-refractivity contribution >= 4 is 11.7 Å². The van der Waals surface area contributed by atoms with Gasteiger partial charge < -0.3 is 9.80 Å². The normalized spacial score (nSPS) is 21.9. The lowest BCUT2D eigenvalue weighted by Crippen LogP contribution is -2.46. The van der Waals surface area contributed by atoms with Gasteiger partial charge in [0.2, 0.25) is 5.91 Å². The number of carbonyl (C=O) groups is 1. The van der Waals surface area contributed by atoms with E-state index in [1.165, 1.54) is 25.7 Å². The summed E-state index contributed by atoms with van der Waals surface area (Å²) in [7, 11) is 4.05. The molecule has 1 aromatic heterocycles. The predicted molar refractivity (Wildman–Crippen MR) is 98.2 cm³/mol. The molecule has 1 aliphatic heterocycles. The molecule has 2 aliphatic rings. The molecule has 24 heavy (non-hydrogen) atoms. The average Bonchev–Trinajstić information content (AvgIpc) is 3.14. The highest BCUT2D eigenvalue weighted by Gasteiger charge is 2.32. The lowest BCUT2D eigenvalue weighted by molar-refractivity contribution is -0.139. The zero-order valence-corrected chi connectivity index (χ0v) is 15.2. The summed E-state index contributed by atoms with van der Waals surface area (Å²) in [4.78, 5) is 21.9. The van der Waals surface area contributed by atoms with Crippen molar-refractivity contribution in [1.29, 1.82) is 0 Å². The topological polar surface area (TPSA) is 36.4 Å². The van der Waals surface area contributed by atoms with Crippen LogP contribution in [0.1, 0.15) is 57.1 Å². The molecule has 0 radical (unpaired) electrons. The van der Waals surface area contributed by atoms with E-state index in [2.05, 4.69) is 17.0 Å². The SMILES string of the molecule is CN(C)c1cccc(CC[C@H]2CCCCN2C(=O)C2CCCC2)n1. The summed E-state index contributed by atoms with van der Waals surface area (Å²) in [5.41, 5.74) is 1.14. The Morgan fingerprint density at radius 3 is 2.67 bits per heavy atom. The largest absolute Gasteiger partial charge is 0.363 e. The summed E-state index contributed by atoms with van der Waals surface area (Å²) in [6, 6.07) is 6.65. The molecule has 2 fully saturated rings. The van der Waals surface area contributed by atoms with Crippen LogP contribution in [0.2, 0.25) is 0 Å². The van der Waals surface area contributed by atoms with Crippen molar-refractivity contribution in [2.45, 2.75) is 63.8 Å². The van der Waals surface area contributed by atoms with Gasteiger partial charge in [0.15, 0.2) is 0 Å². The number of carbonyl (C=O) groups excluding carboxylic acids is 1. The van der Waals surface area contributed by atoms with Gasteiger partial charge in [-0.15, -0.1) is 0 Å². The molecule has 132 valence electrons. The minimum Gasteiger partial charge on any atom is -0.363 e. The molecule has 4 nitrogen and oxygen atoms in total. The first-order valence-electron chi connectivity index (χ1n) is 9.59. The van der Waals surface area contributed by atoms with E-state index in [9.17, 15) is 4.79 Å². The fourth-order valence-corrected chi connectivity index (χ4v) is 4.17. The van der Waals surface area contributed by atoms with Gasteiger partial charge in [-0.1, -0.05) is 18.9 Å². The number of anilines is 1. The Balaban J connectivity index is 1.61. The number of hydrogen-bond acceptors (Lipinski definition) is 3. The van der Waals surface area contributed by atoms with Crippen LogP contribution in [-0.4, -0.2) is 42.5 Å². The number of nitrogens with zero attached hydrogens (tertiary/aromatic N) is 3. The van der Waals surface area contributed by atoms with Crippen molar-refractivity contribution in [2.75, 3.05) is 25.5 Å². The van der Waals surface area contributed by atoms with Gasteiger partial charge in [-0.2, -0.15) is 0 Å². The summed E-state index contributed by atoms with van der Waals surface area (Å²) in [5.74, 6) is 1.75. The molecule has 4 heteroatoms. The maximum atomic E-state index is 12.9. The van der Waals surface area contributed by atoms with Crippen molar-refractivity contribution in [3.63, 3.8) is 0 Å². The van der Waals surface area contributed by atoms with Gasteiger partial charge in [0.1, 0.15) is 5.82 Å². The molecule has 1 atom stereocenters. The number of piperidine rings is 1. The fraction of sp³-hybridized carbons (Fsp3) is 0.700. The van der Waals surface area contributed by atoms with E-state index < -0.39 is 0 Å². The van der Waals surface area contributed by atoms with Crippen LogP contribution in [0.25, 0.3) is 0 Å². The van der Waals surface area contributed by atoms with Crippen molar-refractivity contribution in [2.24, 2.45) is 5.92 Å². The minimum atomic E-state index is 0.306. The van der Waals surface area contributed by atoms with Crippen LogP contribution < -0.4 is 4.90 Å². The third kappa shape index (κ3) is 4.08. The number of hydrogen-bond donors (Lipinski definition) is 0. The molecule has 1 saturated carbocycles. The molecule has 0 bridgehead atoms. The molecule has 0 unspecified atom stereocenters. The summed E-state index contributed by atoms with van der Waals surface area (Å²) in [5, 5.41) is 0. The number of rotatable bonds is 5. The molecule has 0 aromatic carbocycles. The fourth-order valence-electron chi connectivity index (χ4n) is 4.17. The van der Waals surface area contributed by atoms with Crippen LogP contribution in [0.3, 0.4) is 0 Å². The summed E-state index contributed by atoms with van der Waals surface area (Å²) in [6.07, 6.45) is 10.3. The van der Waals surface area contributed by atoms with Gasteiger partial charge in [0.05, 0.1) is 0 Å². The molecule has 0 N–H and O–H groups in total. The van der Waals surface area contributed by atoms with Crippen molar-refractivity contribution in [1.82, 2.24) is 9.88 Å². The van der Waals surface area contributed by atoms with Crippen LogP contribution in [0.4, 0.5) is 5.82 Å². The van der Waals surface area contributed by atoms with Gasteiger partial charge in [0.25, 0.3) is 0 Å².